The van der Waals surface area contributed by atoms with Crippen molar-refractivity contribution in [1.82, 2.24) is 10.3 Å². The van der Waals surface area contributed by atoms with Crippen LogP contribution in [0, 0.1) is 0 Å². The van der Waals surface area contributed by atoms with E-state index >= 15 is 0 Å². The van der Waals surface area contributed by atoms with Crippen LogP contribution < -0.4 is 10.1 Å². The molecule has 1 heterocycles. The zero-order valence-corrected chi connectivity index (χ0v) is 14.7. The van der Waals surface area contributed by atoms with Crippen molar-refractivity contribution < 1.29 is 19.1 Å². The molecular weight excluding hydrogens is 332 g/mol. The normalized spacial score (nSPS) is 15.3. The Kier molecular flexibility index (Phi) is 5.51. The Morgan fingerprint density at radius 2 is 1.88 bits per heavy atom. The maximum Gasteiger partial charge on any atom is 0.331 e. The standard InChI is InChI=1S/C20H22N2O4/c1-25-19(24)20(10-5-6-11-20)22-18(23)16-9-12-21-17(13-16)26-14-15-7-3-2-4-8-15/h2-4,7-9,12-13H,5-6,10-11,14H2,1H3,(H,22,23). The molecule has 0 bridgehead atoms. The molecule has 1 aromatic heterocycles. The van der Waals surface area contributed by atoms with Crippen molar-refractivity contribution >= 4 is 11.9 Å². The van der Waals surface area contributed by atoms with E-state index in [1.807, 2.05) is 30.3 Å². The van der Waals surface area contributed by atoms with E-state index < -0.39 is 11.5 Å². The quantitative estimate of drug-likeness (QED) is 0.807. The minimum atomic E-state index is -0.930. The first-order valence-corrected chi connectivity index (χ1v) is 8.67. The van der Waals surface area contributed by atoms with Crippen LogP contribution in [0.25, 0.3) is 0 Å². The average Bonchev–Trinajstić information content (AvgIpc) is 3.16. The number of esters is 1. The summed E-state index contributed by atoms with van der Waals surface area (Å²) in [4.78, 5) is 28.9. The highest BCUT2D eigenvalue weighted by Gasteiger charge is 2.43. The van der Waals surface area contributed by atoms with Crippen molar-refractivity contribution in [1.29, 1.82) is 0 Å². The minimum Gasteiger partial charge on any atom is -0.473 e. The van der Waals surface area contributed by atoms with Crippen LogP contribution in [0.5, 0.6) is 5.88 Å². The molecule has 1 N–H and O–H groups in total. The fourth-order valence-corrected chi connectivity index (χ4v) is 3.20. The minimum absolute atomic E-state index is 0.329. The third-order valence-corrected chi connectivity index (χ3v) is 4.61. The lowest BCUT2D eigenvalue weighted by Crippen LogP contribution is -2.53. The second-order valence-electron chi connectivity index (χ2n) is 6.39. The number of nitrogens with zero attached hydrogens (tertiary/aromatic N) is 1. The summed E-state index contributed by atoms with van der Waals surface area (Å²) in [5.74, 6) is -0.359. The van der Waals surface area contributed by atoms with Crippen molar-refractivity contribution in [2.24, 2.45) is 0 Å². The van der Waals surface area contributed by atoms with E-state index in [0.717, 1.165) is 18.4 Å². The van der Waals surface area contributed by atoms with E-state index in [1.54, 1.807) is 12.1 Å². The van der Waals surface area contributed by atoms with Gasteiger partial charge in [-0.1, -0.05) is 43.2 Å². The molecule has 136 valence electrons. The fraction of sp³-hybridized carbons (Fsp3) is 0.350. The molecule has 1 fully saturated rings. The van der Waals surface area contributed by atoms with E-state index in [-0.39, 0.29) is 5.91 Å². The summed E-state index contributed by atoms with van der Waals surface area (Å²) in [5.41, 5.74) is 0.484. The molecule has 1 aliphatic rings. The van der Waals surface area contributed by atoms with Gasteiger partial charge in [0.2, 0.25) is 5.88 Å². The molecule has 1 saturated carbocycles. The Morgan fingerprint density at radius 1 is 1.15 bits per heavy atom. The summed E-state index contributed by atoms with van der Waals surface area (Å²) < 4.78 is 10.6. The van der Waals surface area contributed by atoms with Gasteiger partial charge in [-0.15, -0.1) is 0 Å². The number of amides is 1. The van der Waals surface area contributed by atoms with Gasteiger partial charge in [0.05, 0.1) is 7.11 Å². The van der Waals surface area contributed by atoms with Gasteiger partial charge in [-0.2, -0.15) is 0 Å². The van der Waals surface area contributed by atoms with E-state index in [4.69, 9.17) is 9.47 Å². The highest BCUT2D eigenvalue weighted by atomic mass is 16.5. The van der Waals surface area contributed by atoms with Crippen LogP contribution in [0.1, 0.15) is 41.6 Å². The molecule has 6 heteroatoms. The fourth-order valence-electron chi connectivity index (χ4n) is 3.20. The van der Waals surface area contributed by atoms with E-state index in [1.165, 1.54) is 13.3 Å². The molecule has 0 radical (unpaired) electrons. The van der Waals surface area contributed by atoms with Crippen molar-refractivity contribution in [2.75, 3.05) is 7.11 Å². The third-order valence-electron chi connectivity index (χ3n) is 4.61. The van der Waals surface area contributed by atoms with Gasteiger partial charge in [-0.25, -0.2) is 9.78 Å². The van der Waals surface area contributed by atoms with Crippen LogP contribution in [0.15, 0.2) is 48.7 Å². The number of hydrogen-bond donors (Lipinski definition) is 1. The molecule has 1 amide bonds. The van der Waals surface area contributed by atoms with Crippen LogP contribution in [0.2, 0.25) is 0 Å². The largest absolute Gasteiger partial charge is 0.473 e. The Balaban J connectivity index is 1.69. The lowest BCUT2D eigenvalue weighted by atomic mass is 9.97. The van der Waals surface area contributed by atoms with Gasteiger partial charge in [0.25, 0.3) is 5.91 Å². The number of carbonyl (C=O) groups excluding carboxylic acids is 2. The van der Waals surface area contributed by atoms with Crippen molar-refractivity contribution in [2.45, 2.75) is 37.8 Å². The maximum absolute atomic E-state index is 12.7. The van der Waals surface area contributed by atoms with Gasteiger partial charge in [-0.05, 0) is 24.5 Å². The first kappa shape index (κ1) is 17.9. The number of nitrogens with one attached hydrogen (secondary N) is 1. The number of rotatable bonds is 6. The molecule has 26 heavy (non-hydrogen) atoms. The van der Waals surface area contributed by atoms with Crippen LogP contribution in [0.4, 0.5) is 0 Å². The lowest BCUT2D eigenvalue weighted by Gasteiger charge is -2.27. The topological polar surface area (TPSA) is 77.5 Å². The van der Waals surface area contributed by atoms with E-state index in [0.29, 0.717) is 30.9 Å². The predicted octanol–water partition coefficient (Wildman–Crippen LogP) is 2.88. The van der Waals surface area contributed by atoms with E-state index in [9.17, 15) is 9.59 Å². The molecule has 6 nitrogen and oxygen atoms in total. The van der Waals surface area contributed by atoms with Gasteiger partial charge >= 0.3 is 5.97 Å². The number of carbonyl (C=O) groups is 2. The Morgan fingerprint density at radius 3 is 2.58 bits per heavy atom. The monoisotopic (exact) mass is 354 g/mol. The Labute approximate surface area is 152 Å². The van der Waals surface area contributed by atoms with Gasteiger partial charge in [0.15, 0.2) is 0 Å². The summed E-state index contributed by atoms with van der Waals surface area (Å²) >= 11 is 0. The third kappa shape index (κ3) is 4.02. The zero-order chi connectivity index (χ0) is 18.4. The summed E-state index contributed by atoms with van der Waals surface area (Å²) in [5, 5.41) is 2.86. The number of methoxy groups -OCH3 is 1. The average molecular weight is 354 g/mol. The summed E-state index contributed by atoms with van der Waals surface area (Å²) in [6.07, 6.45) is 4.48. The Hall–Kier alpha value is -2.89. The highest BCUT2D eigenvalue weighted by molar-refractivity contribution is 5.98. The van der Waals surface area contributed by atoms with Gasteiger partial charge in [0, 0.05) is 17.8 Å². The van der Waals surface area contributed by atoms with Crippen LogP contribution in [-0.2, 0) is 16.1 Å². The smallest absolute Gasteiger partial charge is 0.331 e. The maximum atomic E-state index is 12.7. The predicted molar refractivity (Wildman–Crippen MR) is 95.7 cm³/mol. The molecular formula is C20H22N2O4. The van der Waals surface area contributed by atoms with Gasteiger partial charge < -0.3 is 14.8 Å². The molecule has 0 atom stereocenters. The number of aromatic nitrogens is 1. The molecule has 1 aromatic carbocycles. The molecule has 2 aromatic rings. The lowest BCUT2D eigenvalue weighted by molar-refractivity contribution is -0.148. The van der Waals surface area contributed by atoms with Crippen LogP contribution in [0.3, 0.4) is 0 Å². The first-order valence-electron chi connectivity index (χ1n) is 8.67. The number of pyridine rings is 1. The zero-order valence-electron chi connectivity index (χ0n) is 14.7. The van der Waals surface area contributed by atoms with Crippen LogP contribution in [-0.4, -0.2) is 29.5 Å². The summed E-state index contributed by atoms with van der Waals surface area (Å²) in [6, 6.07) is 12.9. The van der Waals surface area contributed by atoms with Gasteiger partial charge in [-0.3, -0.25) is 4.79 Å². The molecule has 1 aliphatic carbocycles. The number of ether oxygens (including phenoxy) is 2. The summed E-state index contributed by atoms with van der Waals surface area (Å²) in [6.45, 7) is 0.366. The van der Waals surface area contributed by atoms with E-state index in [2.05, 4.69) is 10.3 Å². The molecule has 0 spiro atoms. The molecule has 3 rings (SSSR count). The highest BCUT2D eigenvalue weighted by Crippen LogP contribution is 2.31. The SMILES string of the molecule is COC(=O)C1(NC(=O)c2ccnc(OCc3ccccc3)c2)CCCC1. The first-order chi connectivity index (χ1) is 12.6. The van der Waals surface area contributed by atoms with Crippen molar-refractivity contribution in [3.05, 3.63) is 59.8 Å². The number of benzene rings is 1. The van der Waals surface area contributed by atoms with Crippen molar-refractivity contribution in [3.63, 3.8) is 0 Å². The molecule has 0 aliphatic heterocycles. The second kappa shape index (κ2) is 7.99. The summed E-state index contributed by atoms with van der Waals surface area (Å²) in [7, 11) is 1.34. The molecule has 0 unspecified atom stereocenters. The van der Waals surface area contributed by atoms with Gasteiger partial charge in [0.1, 0.15) is 12.1 Å². The second-order valence-corrected chi connectivity index (χ2v) is 6.39. The van der Waals surface area contributed by atoms with Crippen LogP contribution >= 0.6 is 0 Å². The van der Waals surface area contributed by atoms with Crippen molar-refractivity contribution in [3.8, 4) is 5.88 Å². The number of hydrogen-bond acceptors (Lipinski definition) is 5. The Bertz CT molecular complexity index is 770. The molecule has 0 saturated heterocycles.